The van der Waals surface area contributed by atoms with E-state index in [-0.39, 0.29) is 6.23 Å². The number of anilines is 1. The van der Waals surface area contributed by atoms with Crippen LogP contribution in [0.3, 0.4) is 0 Å². The molecule has 0 radical (unpaired) electrons. The predicted octanol–water partition coefficient (Wildman–Crippen LogP) is 6.61. The highest BCUT2D eigenvalue weighted by atomic mass is 35.5. The van der Waals surface area contributed by atoms with Crippen molar-refractivity contribution in [3.63, 3.8) is 0 Å². The van der Waals surface area contributed by atoms with Crippen LogP contribution in [0.4, 0.5) is 5.69 Å². The minimum absolute atomic E-state index is 0.170. The molecule has 0 saturated carbocycles. The molecule has 1 aliphatic heterocycles. The molecule has 1 aliphatic rings. The number of hydrogen-bond acceptors (Lipinski definition) is 7. The average molecular weight is 541 g/mol. The van der Waals surface area contributed by atoms with Crippen LogP contribution in [0.25, 0.3) is 22.2 Å². The summed E-state index contributed by atoms with van der Waals surface area (Å²) in [5.41, 5.74) is 9.83. The fourth-order valence-electron chi connectivity index (χ4n) is 4.62. The standard InChI is InChI=1S/C27H26Cl2N4O4/c1-15(25-20(28)13-31-14-21(25)29)37-17-7-9-23-19(12-17)26(32-33(23)24-5-3-4-10-36-24)16-6-8-18(22(30)11-16)27(34)35-2/h6-9,11-15,24H,3-5,10,30H2,1-2H3/t15-,24?/m1/s1. The molecule has 4 aromatic rings. The molecule has 0 spiro atoms. The van der Waals surface area contributed by atoms with Gasteiger partial charge in [0.2, 0.25) is 0 Å². The molecule has 3 heterocycles. The van der Waals surface area contributed by atoms with Gasteiger partial charge in [0.15, 0.2) is 6.23 Å². The SMILES string of the molecule is COC(=O)c1ccc(-c2nn(C3CCCCO3)c3ccc(O[C@H](C)c4c(Cl)cncc4Cl)cc23)cc1N. The van der Waals surface area contributed by atoms with Crippen molar-refractivity contribution in [2.24, 2.45) is 0 Å². The van der Waals surface area contributed by atoms with E-state index in [1.807, 2.05) is 35.9 Å². The Hall–Kier alpha value is -3.33. The summed E-state index contributed by atoms with van der Waals surface area (Å²) in [5.74, 6) is 0.126. The van der Waals surface area contributed by atoms with E-state index in [2.05, 4.69) is 4.98 Å². The summed E-state index contributed by atoms with van der Waals surface area (Å²) in [4.78, 5) is 16.1. The summed E-state index contributed by atoms with van der Waals surface area (Å²) < 4.78 is 19.0. The van der Waals surface area contributed by atoms with Crippen molar-refractivity contribution in [2.45, 2.75) is 38.5 Å². The summed E-state index contributed by atoms with van der Waals surface area (Å²) in [6, 6.07) is 11.0. The molecule has 0 amide bonds. The first-order valence-electron chi connectivity index (χ1n) is 11.9. The Balaban J connectivity index is 1.58. The average Bonchev–Trinajstić information content (AvgIpc) is 3.27. The predicted molar refractivity (Wildman–Crippen MR) is 143 cm³/mol. The van der Waals surface area contributed by atoms with Crippen LogP contribution >= 0.6 is 23.2 Å². The molecular formula is C27H26Cl2N4O4. The van der Waals surface area contributed by atoms with Gasteiger partial charge in [0.25, 0.3) is 0 Å². The highest BCUT2D eigenvalue weighted by Gasteiger charge is 2.24. The Labute approximate surface area is 224 Å². The number of benzene rings is 2. The first-order chi connectivity index (χ1) is 17.9. The van der Waals surface area contributed by atoms with Gasteiger partial charge in [-0.15, -0.1) is 0 Å². The number of aromatic nitrogens is 3. The van der Waals surface area contributed by atoms with Gasteiger partial charge in [0.1, 0.15) is 17.5 Å². The summed E-state index contributed by atoms with van der Waals surface area (Å²) in [6.45, 7) is 2.57. The van der Waals surface area contributed by atoms with Gasteiger partial charge in [-0.05, 0) is 56.5 Å². The third kappa shape index (κ3) is 4.97. The number of hydrogen-bond donors (Lipinski definition) is 1. The van der Waals surface area contributed by atoms with E-state index < -0.39 is 12.1 Å². The Morgan fingerprint density at radius 2 is 1.95 bits per heavy atom. The number of carbonyl (C=O) groups excluding carboxylic acids is 1. The maximum Gasteiger partial charge on any atom is 0.339 e. The number of methoxy groups -OCH3 is 1. The lowest BCUT2D eigenvalue weighted by atomic mass is 10.0. The summed E-state index contributed by atoms with van der Waals surface area (Å²) in [5, 5.41) is 6.67. The zero-order valence-electron chi connectivity index (χ0n) is 20.4. The molecule has 10 heteroatoms. The zero-order chi connectivity index (χ0) is 26.1. The number of nitrogens with two attached hydrogens (primary N) is 1. The van der Waals surface area contributed by atoms with E-state index in [0.717, 1.165) is 35.7 Å². The van der Waals surface area contributed by atoms with Crippen LogP contribution in [0.15, 0.2) is 48.8 Å². The number of pyridine rings is 1. The maximum atomic E-state index is 12.0. The number of fused-ring (bicyclic) bond motifs is 1. The number of rotatable bonds is 6. The molecule has 8 nitrogen and oxygen atoms in total. The van der Waals surface area contributed by atoms with E-state index in [1.54, 1.807) is 24.5 Å². The summed E-state index contributed by atoms with van der Waals surface area (Å²) in [6.07, 6.45) is 5.46. The molecule has 1 saturated heterocycles. The van der Waals surface area contributed by atoms with Gasteiger partial charge in [-0.2, -0.15) is 5.10 Å². The second kappa shape index (κ2) is 10.6. The lowest BCUT2D eigenvalue weighted by Crippen LogP contribution is -2.19. The Morgan fingerprint density at radius 1 is 1.16 bits per heavy atom. The van der Waals surface area contributed by atoms with E-state index in [0.29, 0.717) is 44.9 Å². The Morgan fingerprint density at radius 3 is 2.62 bits per heavy atom. The van der Waals surface area contributed by atoms with Crippen LogP contribution < -0.4 is 10.5 Å². The monoisotopic (exact) mass is 540 g/mol. The van der Waals surface area contributed by atoms with Crippen molar-refractivity contribution in [3.05, 3.63) is 70.0 Å². The van der Waals surface area contributed by atoms with E-state index >= 15 is 0 Å². The number of nitrogens with zero attached hydrogens (tertiary/aromatic N) is 3. The number of halogens is 2. The molecule has 0 bridgehead atoms. The van der Waals surface area contributed by atoms with Crippen molar-refractivity contribution in [3.8, 4) is 17.0 Å². The van der Waals surface area contributed by atoms with Crippen LogP contribution in [0.5, 0.6) is 5.75 Å². The zero-order valence-corrected chi connectivity index (χ0v) is 21.9. The quantitative estimate of drug-likeness (QED) is 0.216. The Bertz CT molecular complexity index is 1450. The summed E-state index contributed by atoms with van der Waals surface area (Å²) in [7, 11) is 1.32. The van der Waals surface area contributed by atoms with Gasteiger partial charge >= 0.3 is 5.97 Å². The topological polar surface area (TPSA) is 101 Å². The normalized spacial score (nSPS) is 16.5. The third-order valence-corrected chi connectivity index (χ3v) is 7.05. The molecule has 192 valence electrons. The lowest BCUT2D eigenvalue weighted by Gasteiger charge is -2.23. The molecule has 5 rings (SSSR count). The molecule has 2 aromatic carbocycles. The molecule has 2 N–H and O–H groups in total. The molecule has 2 atom stereocenters. The van der Waals surface area contributed by atoms with Crippen molar-refractivity contribution >= 4 is 45.8 Å². The minimum Gasteiger partial charge on any atom is -0.486 e. The largest absolute Gasteiger partial charge is 0.486 e. The second-order valence-corrected chi connectivity index (χ2v) is 9.68. The molecule has 2 aromatic heterocycles. The van der Waals surface area contributed by atoms with Gasteiger partial charge in [-0.25, -0.2) is 9.48 Å². The van der Waals surface area contributed by atoms with Gasteiger partial charge < -0.3 is 19.9 Å². The highest BCUT2D eigenvalue weighted by molar-refractivity contribution is 6.35. The van der Waals surface area contributed by atoms with Crippen LogP contribution in [0, 0.1) is 0 Å². The van der Waals surface area contributed by atoms with Crippen molar-refractivity contribution in [2.75, 3.05) is 19.5 Å². The number of nitrogen functional groups attached to an aromatic ring is 1. The minimum atomic E-state index is -0.492. The molecular weight excluding hydrogens is 515 g/mol. The van der Waals surface area contributed by atoms with Gasteiger partial charge in [-0.1, -0.05) is 29.3 Å². The molecule has 0 aliphatic carbocycles. The molecule has 1 unspecified atom stereocenters. The Kier molecular flexibility index (Phi) is 7.24. The first kappa shape index (κ1) is 25.3. The van der Waals surface area contributed by atoms with Gasteiger partial charge in [0, 0.05) is 41.2 Å². The van der Waals surface area contributed by atoms with E-state index in [9.17, 15) is 4.79 Å². The lowest BCUT2D eigenvalue weighted by molar-refractivity contribution is -0.0365. The molecule has 1 fully saturated rings. The van der Waals surface area contributed by atoms with E-state index in [1.165, 1.54) is 7.11 Å². The van der Waals surface area contributed by atoms with Gasteiger partial charge in [0.05, 0.1) is 28.2 Å². The fourth-order valence-corrected chi connectivity index (χ4v) is 5.29. The fraction of sp³-hybridized carbons (Fsp3) is 0.296. The smallest absolute Gasteiger partial charge is 0.339 e. The first-order valence-corrected chi connectivity index (χ1v) is 12.7. The number of esters is 1. The second-order valence-electron chi connectivity index (χ2n) is 8.86. The molecule has 37 heavy (non-hydrogen) atoms. The number of carbonyl (C=O) groups is 1. The van der Waals surface area contributed by atoms with Gasteiger partial charge in [-0.3, -0.25) is 4.98 Å². The van der Waals surface area contributed by atoms with Crippen molar-refractivity contribution < 1.29 is 19.0 Å². The van der Waals surface area contributed by atoms with Crippen molar-refractivity contribution in [1.82, 2.24) is 14.8 Å². The van der Waals surface area contributed by atoms with Crippen LogP contribution in [0.1, 0.15) is 54.4 Å². The van der Waals surface area contributed by atoms with E-state index in [4.69, 9.17) is 48.2 Å². The van der Waals surface area contributed by atoms with Crippen LogP contribution in [0.2, 0.25) is 10.0 Å². The maximum absolute atomic E-state index is 12.0. The van der Waals surface area contributed by atoms with Crippen LogP contribution in [-0.4, -0.2) is 34.5 Å². The van der Waals surface area contributed by atoms with Crippen molar-refractivity contribution in [1.29, 1.82) is 0 Å². The van der Waals surface area contributed by atoms with Crippen LogP contribution in [-0.2, 0) is 9.47 Å². The summed E-state index contributed by atoms with van der Waals surface area (Å²) >= 11 is 12.7. The third-order valence-electron chi connectivity index (χ3n) is 6.45. The highest BCUT2D eigenvalue weighted by Crippen LogP contribution is 2.38. The number of ether oxygens (including phenoxy) is 3.